The zero-order chi connectivity index (χ0) is 26.4. The molecule has 0 bridgehead atoms. The molecule has 0 aliphatic heterocycles. The Morgan fingerprint density at radius 1 is 0.447 bits per heavy atom. The van der Waals surface area contributed by atoms with Crippen molar-refractivity contribution in [2.24, 2.45) is 14.1 Å². The van der Waals surface area contributed by atoms with Gasteiger partial charge >= 0.3 is 0 Å². The molecule has 3 nitrogen and oxygen atoms in total. The first-order chi connectivity index (χ1) is 18.6. The molecule has 0 saturated carbocycles. The van der Waals surface area contributed by atoms with E-state index in [9.17, 15) is 0 Å². The van der Waals surface area contributed by atoms with Crippen LogP contribution in [0.5, 0.6) is 0 Å². The Balaban J connectivity index is 0.00000129. The SMILES string of the molecule is CC.Cc1ccc(N(c2ccc3c4ccccc4n(C)c3c2)c2ccc3c4ccccc4n(C)c3c2)cc1. The second kappa shape index (κ2) is 9.42. The predicted octanol–water partition coefficient (Wildman–Crippen LogP) is 9.78. The van der Waals surface area contributed by atoms with Crippen LogP contribution in [0.25, 0.3) is 43.6 Å². The van der Waals surface area contributed by atoms with Crippen LogP contribution in [-0.2, 0) is 14.1 Å². The molecule has 188 valence electrons. The standard InChI is InChI=1S/C33H27N3.C2H6/c1-22-12-14-23(15-13-22)36(24-16-18-28-26-8-4-6-10-30(26)34(2)32(28)20-24)25-17-19-29-27-9-5-7-11-31(27)35(3)33(29)21-25;1-2/h4-21H,1-3H3;1-2H3. The molecule has 7 aromatic rings. The number of anilines is 3. The summed E-state index contributed by atoms with van der Waals surface area (Å²) in [6.45, 7) is 6.14. The summed E-state index contributed by atoms with van der Waals surface area (Å²) in [6, 6.07) is 39.8. The van der Waals surface area contributed by atoms with Crippen molar-refractivity contribution in [3.63, 3.8) is 0 Å². The minimum Gasteiger partial charge on any atom is -0.344 e. The van der Waals surface area contributed by atoms with Gasteiger partial charge in [0.05, 0.1) is 11.0 Å². The van der Waals surface area contributed by atoms with Crippen LogP contribution in [0.1, 0.15) is 19.4 Å². The summed E-state index contributed by atoms with van der Waals surface area (Å²) in [4.78, 5) is 2.37. The van der Waals surface area contributed by atoms with Gasteiger partial charge < -0.3 is 14.0 Å². The largest absolute Gasteiger partial charge is 0.344 e. The lowest BCUT2D eigenvalue weighted by Crippen LogP contribution is -2.10. The average molecular weight is 496 g/mol. The zero-order valence-electron chi connectivity index (χ0n) is 22.7. The average Bonchev–Trinajstić information content (AvgIpc) is 3.42. The molecule has 0 amide bonds. The first-order valence-electron chi connectivity index (χ1n) is 13.4. The molecule has 5 aromatic carbocycles. The Kier molecular flexibility index (Phi) is 5.92. The first kappa shape index (κ1) is 23.9. The fraction of sp³-hybridized carbons (Fsp3) is 0.143. The number of rotatable bonds is 3. The highest BCUT2D eigenvalue weighted by molar-refractivity contribution is 6.10. The van der Waals surface area contributed by atoms with Crippen LogP contribution >= 0.6 is 0 Å². The second-order valence-corrected chi connectivity index (χ2v) is 9.73. The van der Waals surface area contributed by atoms with Gasteiger partial charge in [0.25, 0.3) is 0 Å². The number of hydrogen-bond donors (Lipinski definition) is 0. The lowest BCUT2D eigenvalue weighted by molar-refractivity contribution is 1.01. The maximum Gasteiger partial charge on any atom is 0.0509 e. The van der Waals surface area contributed by atoms with Gasteiger partial charge in [0.2, 0.25) is 0 Å². The molecule has 2 heterocycles. The molecule has 0 N–H and O–H groups in total. The molecule has 0 spiro atoms. The van der Waals surface area contributed by atoms with Crippen LogP contribution in [0.3, 0.4) is 0 Å². The lowest BCUT2D eigenvalue weighted by atomic mass is 10.1. The van der Waals surface area contributed by atoms with E-state index in [1.165, 1.54) is 49.2 Å². The Morgan fingerprint density at radius 3 is 1.32 bits per heavy atom. The van der Waals surface area contributed by atoms with Gasteiger partial charge in [-0.2, -0.15) is 0 Å². The molecule has 2 aromatic heterocycles. The highest BCUT2D eigenvalue weighted by Gasteiger charge is 2.17. The van der Waals surface area contributed by atoms with E-state index in [1.807, 2.05) is 13.8 Å². The molecular weight excluding hydrogens is 462 g/mol. The number of benzene rings is 5. The van der Waals surface area contributed by atoms with Crippen LogP contribution in [0.4, 0.5) is 17.1 Å². The molecule has 0 aliphatic carbocycles. The predicted molar refractivity (Wildman–Crippen MR) is 165 cm³/mol. The van der Waals surface area contributed by atoms with Gasteiger partial charge in [0.15, 0.2) is 0 Å². The zero-order valence-corrected chi connectivity index (χ0v) is 22.7. The molecule has 0 radical (unpaired) electrons. The Bertz CT molecular complexity index is 1800. The molecule has 0 aliphatic rings. The van der Waals surface area contributed by atoms with Gasteiger partial charge in [-0.15, -0.1) is 0 Å². The normalized spacial score (nSPS) is 11.3. The number of para-hydroxylation sites is 2. The van der Waals surface area contributed by atoms with Crippen LogP contribution in [-0.4, -0.2) is 9.13 Å². The highest BCUT2D eigenvalue weighted by Crippen LogP contribution is 2.40. The number of nitrogens with zero attached hydrogens (tertiary/aromatic N) is 3. The van der Waals surface area contributed by atoms with Crippen molar-refractivity contribution < 1.29 is 0 Å². The van der Waals surface area contributed by atoms with E-state index in [0.29, 0.717) is 0 Å². The fourth-order valence-corrected chi connectivity index (χ4v) is 5.72. The minimum absolute atomic E-state index is 1.15. The smallest absolute Gasteiger partial charge is 0.0509 e. The second-order valence-electron chi connectivity index (χ2n) is 9.73. The summed E-state index contributed by atoms with van der Waals surface area (Å²) in [5.74, 6) is 0. The van der Waals surface area contributed by atoms with Gasteiger partial charge in [0, 0.05) is 63.7 Å². The van der Waals surface area contributed by atoms with Crippen molar-refractivity contribution in [3.05, 3.63) is 115 Å². The summed E-state index contributed by atoms with van der Waals surface area (Å²) < 4.78 is 4.60. The van der Waals surface area contributed by atoms with E-state index in [-0.39, 0.29) is 0 Å². The molecule has 0 saturated heterocycles. The highest BCUT2D eigenvalue weighted by atomic mass is 15.1. The third-order valence-electron chi connectivity index (χ3n) is 7.61. The minimum atomic E-state index is 1.15. The number of fused-ring (bicyclic) bond motifs is 6. The quantitative estimate of drug-likeness (QED) is 0.238. The Morgan fingerprint density at radius 2 is 0.842 bits per heavy atom. The van der Waals surface area contributed by atoms with Gasteiger partial charge in [0.1, 0.15) is 0 Å². The van der Waals surface area contributed by atoms with Crippen molar-refractivity contribution in [2.75, 3.05) is 4.90 Å². The number of aryl methyl sites for hydroxylation is 3. The molecule has 3 heteroatoms. The van der Waals surface area contributed by atoms with E-state index in [2.05, 4.69) is 144 Å². The van der Waals surface area contributed by atoms with Gasteiger partial charge in [-0.3, -0.25) is 0 Å². The lowest BCUT2D eigenvalue weighted by Gasteiger charge is -2.26. The summed E-state index contributed by atoms with van der Waals surface area (Å²) in [7, 11) is 4.32. The Labute approximate surface area is 224 Å². The third-order valence-corrected chi connectivity index (χ3v) is 7.61. The van der Waals surface area contributed by atoms with Crippen LogP contribution < -0.4 is 4.90 Å². The Hall–Kier alpha value is -4.50. The number of hydrogen-bond acceptors (Lipinski definition) is 1. The molecule has 7 rings (SSSR count). The van der Waals surface area contributed by atoms with Crippen molar-refractivity contribution >= 4 is 60.7 Å². The summed E-state index contributed by atoms with van der Waals surface area (Å²) in [5, 5.41) is 5.15. The number of aromatic nitrogens is 2. The van der Waals surface area contributed by atoms with Gasteiger partial charge in [-0.1, -0.05) is 80.1 Å². The molecule has 0 unspecified atom stereocenters. The molecule has 38 heavy (non-hydrogen) atoms. The van der Waals surface area contributed by atoms with Crippen molar-refractivity contribution in [1.29, 1.82) is 0 Å². The van der Waals surface area contributed by atoms with Gasteiger partial charge in [-0.05, 0) is 55.5 Å². The van der Waals surface area contributed by atoms with E-state index < -0.39 is 0 Å². The molecule has 0 atom stereocenters. The summed E-state index contributed by atoms with van der Waals surface area (Å²) >= 11 is 0. The van der Waals surface area contributed by atoms with Crippen LogP contribution in [0.15, 0.2) is 109 Å². The maximum absolute atomic E-state index is 2.37. The van der Waals surface area contributed by atoms with E-state index in [4.69, 9.17) is 0 Å². The summed E-state index contributed by atoms with van der Waals surface area (Å²) in [5.41, 5.74) is 9.68. The summed E-state index contributed by atoms with van der Waals surface area (Å²) in [6.07, 6.45) is 0. The molecule has 0 fully saturated rings. The van der Waals surface area contributed by atoms with E-state index >= 15 is 0 Å². The monoisotopic (exact) mass is 495 g/mol. The van der Waals surface area contributed by atoms with E-state index in [1.54, 1.807) is 0 Å². The first-order valence-corrected chi connectivity index (χ1v) is 13.4. The molecular formula is C35H33N3. The van der Waals surface area contributed by atoms with Crippen molar-refractivity contribution in [3.8, 4) is 0 Å². The maximum atomic E-state index is 2.37. The van der Waals surface area contributed by atoms with Crippen LogP contribution in [0.2, 0.25) is 0 Å². The topological polar surface area (TPSA) is 13.1 Å². The third kappa shape index (κ3) is 3.66. The van der Waals surface area contributed by atoms with Crippen molar-refractivity contribution in [2.45, 2.75) is 20.8 Å². The van der Waals surface area contributed by atoms with Gasteiger partial charge in [-0.25, -0.2) is 0 Å². The van der Waals surface area contributed by atoms with E-state index in [0.717, 1.165) is 17.1 Å². The fourth-order valence-electron chi connectivity index (χ4n) is 5.72. The van der Waals surface area contributed by atoms with Crippen molar-refractivity contribution in [1.82, 2.24) is 9.13 Å². The van der Waals surface area contributed by atoms with Crippen LogP contribution in [0, 0.1) is 6.92 Å².